The molecule has 1 aliphatic heterocycles. The van der Waals surface area contributed by atoms with E-state index in [1.165, 1.54) is 19.2 Å². The zero-order valence-electron chi connectivity index (χ0n) is 17.4. The van der Waals surface area contributed by atoms with Crippen LogP contribution in [0.2, 0.25) is 0 Å². The van der Waals surface area contributed by atoms with E-state index >= 15 is 0 Å². The molecule has 0 aliphatic carbocycles. The van der Waals surface area contributed by atoms with Crippen LogP contribution in [-0.2, 0) is 4.79 Å². The number of para-hydroxylation sites is 2. The molecule has 30 heavy (non-hydrogen) atoms. The molecule has 1 aliphatic rings. The summed E-state index contributed by atoms with van der Waals surface area (Å²) in [6.07, 6.45) is 0. The van der Waals surface area contributed by atoms with Crippen molar-refractivity contribution in [3.8, 4) is 11.5 Å². The molecule has 1 heterocycles. The smallest absolute Gasteiger partial charge is 0.296 e. The SMILES string of the molecule is COc1ccc(NC(=O)[C@@H](C)[NH+]2CCN(c3ccccc3OC)CC2)c([N+](=O)[O-])c1. The average Bonchev–Trinajstić information content (AvgIpc) is 2.78. The van der Waals surface area contributed by atoms with Gasteiger partial charge in [0.05, 0.1) is 57.1 Å². The molecule has 0 bridgehead atoms. The van der Waals surface area contributed by atoms with Crippen molar-refractivity contribution >= 4 is 23.0 Å². The van der Waals surface area contributed by atoms with Gasteiger partial charge in [-0.2, -0.15) is 0 Å². The Kier molecular flexibility index (Phi) is 6.73. The summed E-state index contributed by atoms with van der Waals surface area (Å²) in [7, 11) is 3.10. The number of piperazine rings is 1. The second-order valence-corrected chi connectivity index (χ2v) is 7.17. The van der Waals surface area contributed by atoms with Gasteiger partial charge in [0.25, 0.3) is 11.6 Å². The number of nitro groups is 1. The Hall–Kier alpha value is -3.33. The van der Waals surface area contributed by atoms with Crippen LogP contribution >= 0.6 is 0 Å². The number of anilines is 2. The molecule has 1 amide bonds. The van der Waals surface area contributed by atoms with Crippen LogP contribution < -0.4 is 24.6 Å². The van der Waals surface area contributed by atoms with Crippen molar-refractivity contribution in [1.82, 2.24) is 0 Å². The second kappa shape index (κ2) is 9.45. The van der Waals surface area contributed by atoms with E-state index < -0.39 is 4.92 Å². The summed E-state index contributed by atoms with van der Waals surface area (Å²) in [4.78, 5) is 27.0. The van der Waals surface area contributed by atoms with Crippen LogP contribution in [-0.4, -0.2) is 57.3 Å². The normalized spacial score (nSPS) is 15.4. The second-order valence-electron chi connectivity index (χ2n) is 7.17. The molecular weight excluding hydrogens is 388 g/mol. The number of nitrogens with one attached hydrogen (secondary N) is 2. The van der Waals surface area contributed by atoms with Crippen LogP contribution in [0.15, 0.2) is 42.5 Å². The minimum atomic E-state index is -0.526. The first-order chi connectivity index (χ1) is 14.4. The third kappa shape index (κ3) is 4.62. The summed E-state index contributed by atoms with van der Waals surface area (Å²) in [5.74, 6) is 0.952. The number of nitrogens with zero attached hydrogens (tertiary/aromatic N) is 2. The summed E-state index contributed by atoms with van der Waals surface area (Å²) in [5, 5.41) is 14.1. The van der Waals surface area contributed by atoms with Gasteiger partial charge in [0, 0.05) is 0 Å². The monoisotopic (exact) mass is 415 g/mol. The minimum Gasteiger partial charge on any atom is -0.496 e. The largest absolute Gasteiger partial charge is 0.496 e. The van der Waals surface area contributed by atoms with Crippen LogP contribution in [0.5, 0.6) is 11.5 Å². The number of hydrogen-bond donors (Lipinski definition) is 2. The van der Waals surface area contributed by atoms with E-state index in [0.717, 1.165) is 42.5 Å². The number of hydrogen-bond acceptors (Lipinski definition) is 6. The van der Waals surface area contributed by atoms with Gasteiger partial charge in [-0.1, -0.05) is 12.1 Å². The van der Waals surface area contributed by atoms with E-state index in [1.54, 1.807) is 13.2 Å². The first-order valence-electron chi connectivity index (χ1n) is 9.80. The van der Waals surface area contributed by atoms with E-state index in [0.29, 0.717) is 5.75 Å². The summed E-state index contributed by atoms with van der Waals surface area (Å²) in [6, 6.07) is 11.9. The highest BCUT2D eigenvalue weighted by molar-refractivity contribution is 5.95. The van der Waals surface area contributed by atoms with Crippen molar-refractivity contribution in [1.29, 1.82) is 0 Å². The average molecular weight is 415 g/mol. The molecule has 0 unspecified atom stereocenters. The lowest BCUT2D eigenvalue weighted by molar-refractivity contribution is -0.914. The fourth-order valence-electron chi connectivity index (χ4n) is 3.68. The van der Waals surface area contributed by atoms with Gasteiger partial charge in [-0.3, -0.25) is 14.9 Å². The van der Waals surface area contributed by atoms with Gasteiger partial charge in [-0.15, -0.1) is 0 Å². The molecule has 0 saturated carbocycles. The molecule has 0 radical (unpaired) electrons. The van der Waals surface area contributed by atoms with Gasteiger partial charge in [0.15, 0.2) is 6.04 Å². The Bertz CT molecular complexity index is 912. The maximum atomic E-state index is 12.8. The molecule has 0 aromatic heterocycles. The maximum Gasteiger partial charge on any atom is 0.296 e. The van der Waals surface area contributed by atoms with Crippen molar-refractivity contribution in [3.63, 3.8) is 0 Å². The standard InChI is InChI=1S/C21H26N4O5/c1-15(21(26)22-17-9-8-16(29-2)14-19(17)25(27)28)23-10-12-24(13-11-23)18-6-4-5-7-20(18)30-3/h4-9,14-15H,10-13H2,1-3H3,(H,22,26)/p+1/t15-/m1/s1. The molecule has 2 N–H and O–H groups in total. The Labute approximate surface area is 175 Å². The van der Waals surface area contributed by atoms with E-state index in [-0.39, 0.29) is 23.3 Å². The number of nitro benzene ring substituents is 1. The molecule has 9 nitrogen and oxygen atoms in total. The van der Waals surface area contributed by atoms with Crippen LogP contribution in [0.4, 0.5) is 17.1 Å². The third-order valence-corrected chi connectivity index (χ3v) is 5.50. The van der Waals surface area contributed by atoms with Crippen LogP contribution in [0.1, 0.15) is 6.92 Å². The first-order valence-corrected chi connectivity index (χ1v) is 9.80. The number of carbonyl (C=O) groups excluding carboxylic acids is 1. The number of rotatable bonds is 7. The zero-order chi connectivity index (χ0) is 21.7. The van der Waals surface area contributed by atoms with E-state index in [1.807, 2.05) is 31.2 Å². The number of carbonyl (C=O) groups is 1. The van der Waals surface area contributed by atoms with Crippen molar-refractivity contribution in [3.05, 3.63) is 52.6 Å². The summed E-state index contributed by atoms with van der Waals surface area (Å²) in [5.41, 5.74) is 1.03. The van der Waals surface area contributed by atoms with Gasteiger partial charge in [0.1, 0.15) is 17.2 Å². The number of benzene rings is 2. The molecule has 0 spiro atoms. The topological polar surface area (TPSA) is 98.4 Å². The molecule has 9 heteroatoms. The fraction of sp³-hybridized carbons (Fsp3) is 0.381. The van der Waals surface area contributed by atoms with Crippen LogP contribution in [0.3, 0.4) is 0 Å². The number of methoxy groups -OCH3 is 2. The number of amides is 1. The lowest BCUT2D eigenvalue weighted by atomic mass is 10.1. The van der Waals surface area contributed by atoms with Gasteiger partial charge in [0.2, 0.25) is 0 Å². The highest BCUT2D eigenvalue weighted by Gasteiger charge is 2.31. The molecule has 3 rings (SSSR count). The van der Waals surface area contributed by atoms with E-state index in [2.05, 4.69) is 10.2 Å². The zero-order valence-corrected chi connectivity index (χ0v) is 17.4. The molecule has 1 fully saturated rings. The summed E-state index contributed by atoms with van der Waals surface area (Å²) >= 11 is 0. The predicted molar refractivity (Wildman–Crippen MR) is 114 cm³/mol. The quantitative estimate of drug-likeness (QED) is 0.523. The fourth-order valence-corrected chi connectivity index (χ4v) is 3.68. The molecular formula is C21H27N4O5+. The van der Waals surface area contributed by atoms with E-state index in [4.69, 9.17) is 9.47 Å². The van der Waals surface area contributed by atoms with Crippen molar-refractivity contribution in [2.45, 2.75) is 13.0 Å². The van der Waals surface area contributed by atoms with Gasteiger partial charge < -0.3 is 24.6 Å². The van der Waals surface area contributed by atoms with Crippen molar-refractivity contribution < 1.29 is 24.1 Å². The highest BCUT2D eigenvalue weighted by Crippen LogP contribution is 2.29. The van der Waals surface area contributed by atoms with Gasteiger partial charge >= 0.3 is 0 Å². The molecule has 2 aromatic carbocycles. The van der Waals surface area contributed by atoms with Crippen LogP contribution in [0.25, 0.3) is 0 Å². The van der Waals surface area contributed by atoms with Crippen molar-refractivity contribution in [2.24, 2.45) is 0 Å². The summed E-state index contributed by atoms with van der Waals surface area (Å²) < 4.78 is 10.5. The predicted octanol–water partition coefficient (Wildman–Crippen LogP) is 1.34. The number of ether oxygens (including phenoxy) is 2. The maximum absolute atomic E-state index is 12.8. The Morgan fingerprint density at radius 1 is 1.17 bits per heavy atom. The third-order valence-electron chi connectivity index (χ3n) is 5.50. The highest BCUT2D eigenvalue weighted by atomic mass is 16.6. The minimum absolute atomic E-state index is 0.171. The molecule has 1 saturated heterocycles. The summed E-state index contributed by atoms with van der Waals surface area (Å²) in [6.45, 7) is 4.97. The Morgan fingerprint density at radius 3 is 2.50 bits per heavy atom. The van der Waals surface area contributed by atoms with E-state index in [9.17, 15) is 14.9 Å². The molecule has 2 aromatic rings. The van der Waals surface area contributed by atoms with Gasteiger partial charge in [-0.25, -0.2) is 0 Å². The molecule has 1 atom stereocenters. The Morgan fingerprint density at radius 2 is 1.87 bits per heavy atom. The first kappa shape index (κ1) is 21.4. The lowest BCUT2D eigenvalue weighted by Crippen LogP contribution is -3.19. The molecule has 160 valence electrons. The Balaban J connectivity index is 1.63. The number of quaternary nitrogens is 1. The van der Waals surface area contributed by atoms with Crippen LogP contribution in [0, 0.1) is 10.1 Å². The van der Waals surface area contributed by atoms with Gasteiger partial charge in [-0.05, 0) is 31.2 Å². The van der Waals surface area contributed by atoms with Crippen molar-refractivity contribution in [2.75, 3.05) is 50.6 Å². The lowest BCUT2D eigenvalue weighted by Gasteiger charge is -2.36.